The lowest BCUT2D eigenvalue weighted by atomic mass is 9.83. The zero-order chi connectivity index (χ0) is 23.9. The van der Waals surface area contributed by atoms with Gasteiger partial charge in [0.25, 0.3) is 0 Å². The summed E-state index contributed by atoms with van der Waals surface area (Å²) in [7, 11) is 0. The molecular formula is C23H20F6O4. The maximum Gasteiger partial charge on any atom is 0.412 e. The molecule has 0 radical (unpaired) electrons. The highest BCUT2D eigenvalue weighted by atomic mass is 19.4. The molecule has 3 aliphatic rings. The zero-order valence-corrected chi connectivity index (χ0v) is 17.5. The van der Waals surface area contributed by atoms with Crippen LogP contribution in [-0.2, 0) is 20.2 Å². The van der Waals surface area contributed by atoms with Crippen molar-refractivity contribution in [3.63, 3.8) is 0 Å². The summed E-state index contributed by atoms with van der Waals surface area (Å²) in [5.74, 6) is -5.99. The van der Waals surface area contributed by atoms with Gasteiger partial charge in [-0.1, -0.05) is 25.5 Å². The molecule has 3 heterocycles. The number of benzene rings is 2. The van der Waals surface area contributed by atoms with Gasteiger partial charge in [0.2, 0.25) is 0 Å². The number of rotatable bonds is 6. The van der Waals surface area contributed by atoms with Gasteiger partial charge >= 0.3 is 12.1 Å². The Morgan fingerprint density at radius 3 is 2.06 bits per heavy atom. The second kappa shape index (κ2) is 8.66. The quantitative estimate of drug-likeness (QED) is 0.369. The largest absolute Gasteiger partial charge is 0.459 e. The van der Waals surface area contributed by atoms with Crippen molar-refractivity contribution in [3.05, 3.63) is 65.7 Å². The summed E-state index contributed by atoms with van der Waals surface area (Å²) < 4.78 is 102. The molecule has 33 heavy (non-hydrogen) atoms. The predicted octanol–water partition coefficient (Wildman–Crippen LogP) is 6.20. The maximum absolute atomic E-state index is 14.9. The van der Waals surface area contributed by atoms with E-state index in [9.17, 15) is 26.3 Å². The number of halogens is 6. The second-order valence-electron chi connectivity index (χ2n) is 8.10. The highest BCUT2D eigenvalue weighted by Gasteiger charge is 2.53. The molecule has 10 heteroatoms. The second-order valence-corrected chi connectivity index (χ2v) is 8.10. The molecule has 5 rings (SSSR count). The van der Waals surface area contributed by atoms with Crippen LogP contribution in [0.5, 0.6) is 5.75 Å². The van der Waals surface area contributed by atoms with Gasteiger partial charge in [0.1, 0.15) is 5.82 Å². The fraction of sp³-hybridized carbons (Fsp3) is 0.391. The van der Waals surface area contributed by atoms with E-state index >= 15 is 0 Å². The van der Waals surface area contributed by atoms with Crippen molar-refractivity contribution in [1.82, 2.24) is 0 Å². The van der Waals surface area contributed by atoms with E-state index in [0.29, 0.717) is 19.8 Å². The SMILES string of the molecule is CCCC12COC(c3ccc(-c4cc(F)c(O/C=C/C(F)(F)F)c(F)c4)c(F)c3)(OC1)OC2. The van der Waals surface area contributed by atoms with Gasteiger partial charge in [-0.3, -0.25) is 0 Å². The highest BCUT2D eigenvalue weighted by molar-refractivity contribution is 5.66. The normalized spacial score (nSPS) is 25.1. The number of hydrogen-bond acceptors (Lipinski definition) is 4. The molecule has 0 aliphatic carbocycles. The van der Waals surface area contributed by atoms with Gasteiger partial charge in [-0.05, 0) is 30.2 Å². The monoisotopic (exact) mass is 474 g/mol. The third kappa shape index (κ3) is 4.73. The Labute approximate surface area is 185 Å². The number of fused-ring (bicyclic) bond motifs is 3. The molecule has 4 nitrogen and oxygen atoms in total. The molecular weight excluding hydrogens is 454 g/mol. The van der Waals surface area contributed by atoms with Crippen LogP contribution < -0.4 is 4.74 Å². The van der Waals surface area contributed by atoms with Crippen LogP contribution in [0, 0.1) is 22.9 Å². The minimum absolute atomic E-state index is 0.124. The molecule has 0 spiro atoms. The van der Waals surface area contributed by atoms with Gasteiger partial charge in [-0.2, -0.15) is 13.2 Å². The minimum Gasteiger partial charge on any atom is -0.459 e. The van der Waals surface area contributed by atoms with Crippen molar-refractivity contribution in [2.75, 3.05) is 19.8 Å². The number of ether oxygens (including phenoxy) is 4. The van der Waals surface area contributed by atoms with Crippen molar-refractivity contribution in [2.24, 2.45) is 5.41 Å². The van der Waals surface area contributed by atoms with E-state index in [0.717, 1.165) is 31.0 Å². The number of hydrogen-bond donors (Lipinski definition) is 0. The average Bonchev–Trinajstić information content (AvgIpc) is 2.76. The van der Waals surface area contributed by atoms with Gasteiger partial charge in [0, 0.05) is 16.5 Å². The Hall–Kier alpha value is -2.56. The van der Waals surface area contributed by atoms with Crippen molar-refractivity contribution in [3.8, 4) is 16.9 Å². The molecule has 178 valence electrons. The van der Waals surface area contributed by atoms with E-state index in [4.69, 9.17) is 14.2 Å². The van der Waals surface area contributed by atoms with Crippen LogP contribution in [0.2, 0.25) is 0 Å². The highest BCUT2D eigenvalue weighted by Crippen LogP contribution is 2.46. The van der Waals surface area contributed by atoms with Crippen LogP contribution in [0.4, 0.5) is 26.3 Å². The Morgan fingerprint density at radius 2 is 1.55 bits per heavy atom. The lowest BCUT2D eigenvalue weighted by Gasteiger charge is -2.51. The lowest BCUT2D eigenvalue weighted by Crippen LogP contribution is -2.58. The Balaban J connectivity index is 1.56. The van der Waals surface area contributed by atoms with E-state index in [2.05, 4.69) is 4.74 Å². The van der Waals surface area contributed by atoms with E-state index in [-0.39, 0.29) is 34.4 Å². The fourth-order valence-corrected chi connectivity index (χ4v) is 3.94. The topological polar surface area (TPSA) is 36.9 Å². The smallest absolute Gasteiger partial charge is 0.412 e. The minimum atomic E-state index is -4.71. The summed E-state index contributed by atoms with van der Waals surface area (Å²) in [5.41, 5.74) is -0.289. The zero-order valence-electron chi connectivity index (χ0n) is 17.5. The first-order valence-electron chi connectivity index (χ1n) is 10.2. The van der Waals surface area contributed by atoms with E-state index in [1.54, 1.807) is 0 Å². The molecule has 0 saturated carbocycles. The Bertz CT molecular complexity index is 1020. The molecule has 2 bridgehead atoms. The Kier molecular flexibility index (Phi) is 6.19. The van der Waals surface area contributed by atoms with Crippen molar-refractivity contribution < 1.29 is 45.3 Å². The van der Waals surface area contributed by atoms with Crippen molar-refractivity contribution >= 4 is 0 Å². The first kappa shape index (κ1) is 23.6. The summed E-state index contributed by atoms with van der Waals surface area (Å²) >= 11 is 0. The van der Waals surface area contributed by atoms with Crippen LogP contribution in [0.1, 0.15) is 25.3 Å². The molecule has 0 unspecified atom stereocenters. The van der Waals surface area contributed by atoms with Crippen LogP contribution in [0.25, 0.3) is 11.1 Å². The molecule has 0 amide bonds. The first-order valence-corrected chi connectivity index (χ1v) is 10.2. The van der Waals surface area contributed by atoms with Crippen LogP contribution in [-0.4, -0.2) is 26.0 Å². The maximum atomic E-state index is 14.9. The standard InChI is InChI=1S/C23H20F6O4/c1-2-5-21-11-31-23(32-12-21,33-13-21)15-3-4-16(17(24)10-15)14-8-18(25)20(19(26)9-14)30-7-6-22(27,28)29/h3-4,6-10H,2,5,11-13H2,1H3/b7-6+. The summed E-state index contributed by atoms with van der Waals surface area (Å²) in [6, 6.07) is 5.37. The summed E-state index contributed by atoms with van der Waals surface area (Å²) in [6.45, 7) is 3.23. The molecule has 0 N–H and O–H groups in total. The van der Waals surface area contributed by atoms with Crippen molar-refractivity contribution in [2.45, 2.75) is 31.9 Å². The summed E-state index contributed by atoms with van der Waals surface area (Å²) in [4.78, 5) is 0. The van der Waals surface area contributed by atoms with E-state index in [1.165, 1.54) is 12.1 Å². The fourth-order valence-electron chi connectivity index (χ4n) is 3.94. The molecule has 3 fully saturated rings. The van der Waals surface area contributed by atoms with Crippen molar-refractivity contribution in [1.29, 1.82) is 0 Å². The van der Waals surface area contributed by atoms with Crippen LogP contribution in [0.15, 0.2) is 42.7 Å². The molecule has 2 aromatic rings. The van der Waals surface area contributed by atoms with Gasteiger partial charge in [0.05, 0.1) is 32.2 Å². The predicted molar refractivity (Wildman–Crippen MR) is 104 cm³/mol. The van der Waals surface area contributed by atoms with Gasteiger partial charge < -0.3 is 18.9 Å². The molecule has 0 aromatic heterocycles. The van der Waals surface area contributed by atoms with Crippen LogP contribution >= 0.6 is 0 Å². The molecule has 2 aromatic carbocycles. The summed E-state index contributed by atoms with van der Waals surface area (Å²) in [6.07, 6.45) is -3.10. The first-order chi connectivity index (χ1) is 15.6. The van der Waals surface area contributed by atoms with Gasteiger partial charge in [0.15, 0.2) is 17.4 Å². The Morgan fingerprint density at radius 1 is 0.939 bits per heavy atom. The molecule has 3 saturated heterocycles. The number of allylic oxidation sites excluding steroid dienone is 1. The van der Waals surface area contributed by atoms with Gasteiger partial charge in [-0.15, -0.1) is 0 Å². The molecule has 3 aliphatic heterocycles. The number of alkyl halides is 3. The van der Waals surface area contributed by atoms with E-state index < -0.39 is 35.4 Å². The summed E-state index contributed by atoms with van der Waals surface area (Å²) in [5, 5.41) is 0. The van der Waals surface area contributed by atoms with Gasteiger partial charge in [-0.25, -0.2) is 13.2 Å². The third-order valence-corrected chi connectivity index (χ3v) is 5.56. The van der Waals surface area contributed by atoms with E-state index in [1.807, 2.05) is 6.92 Å². The lowest BCUT2D eigenvalue weighted by molar-refractivity contribution is -0.480. The third-order valence-electron chi connectivity index (χ3n) is 5.56. The molecule has 0 atom stereocenters. The average molecular weight is 474 g/mol. The van der Waals surface area contributed by atoms with Crippen LogP contribution in [0.3, 0.4) is 0 Å².